The fourth-order valence-electron chi connectivity index (χ4n) is 4.57. The van der Waals surface area contributed by atoms with Crippen molar-refractivity contribution in [1.82, 2.24) is 5.01 Å². The van der Waals surface area contributed by atoms with Gasteiger partial charge in [-0.2, -0.15) is 5.10 Å². The average molecular weight is 448 g/mol. The molecular formula is C26H27N2O5-. The summed E-state index contributed by atoms with van der Waals surface area (Å²) in [6.07, 6.45) is 4.41. The number of nitrogens with zero attached hydrogens (tertiary/aromatic N) is 2. The lowest BCUT2D eigenvalue weighted by Crippen LogP contribution is -2.33. The third kappa shape index (κ3) is 4.92. The van der Waals surface area contributed by atoms with Crippen molar-refractivity contribution in [2.24, 2.45) is 11.0 Å². The molecule has 7 nitrogen and oxygen atoms in total. The minimum atomic E-state index is -1.24. The smallest absolute Gasteiger partial charge is 0.243 e. The second kappa shape index (κ2) is 9.90. The highest BCUT2D eigenvalue weighted by atomic mass is 16.5. The molecule has 7 heteroatoms. The van der Waals surface area contributed by atoms with Crippen LogP contribution in [0.3, 0.4) is 0 Å². The van der Waals surface area contributed by atoms with Crippen LogP contribution in [-0.2, 0) is 9.59 Å². The standard InChI is InChI=1S/C26H28N2O5/c1-32-20-10-6-17(7-11-20)16-19-4-3-5-22-25(19)27-28(23(29)14-15-24(30)31)26(22)18-8-12-21(33-2)13-9-18/h6-13,16,22,26H,3-5,14-15H2,1-2H3,(H,30,31)/p-1/b19-16+/t22-,26-/m0/s1. The molecule has 33 heavy (non-hydrogen) atoms. The fourth-order valence-corrected chi connectivity index (χ4v) is 4.57. The Morgan fingerprint density at radius 3 is 2.27 bits per heavy atom. The molecule has 1 heterocycles. The average Bonchev–Trinajstić information content (AvgIpc) is 3.24. The molecule has 1 aliphatic heterocycles. The molecule has 4 rings (SSSR count). The lowest BCUT2D eigenvalue weighted by atomic mass is 9.77. The molecule has 1 aliphatic carbocycles. The first-order chi connectivity index (χ1) is 16.0. The minimum absolute atomic E-state index is 0.0450. The van der Waals surface area contributed by atoms with E-state index in [0.29, 0.717) is 0 Å². The van der Waals surface area contributed by atoms with Crippen molar-refractivity contribution in [2.45, 2.75) is 38.1 Å². The van der Waals surface area contributed by atoms with Gasteiger partial charge in [0.05, 0.1) is 26.0 Å². The molecule has 0 N–H and O–H groups in total. The highest BCUT2D eigenvalue weighted by Gasteiger charge is 2.43. The number of benzene rings is 2. The summed E-state index contributed by atoms with van der Waals surface area (Å²) >= 11 is 0. The van der Waals surface area contributed by atoms with Gasteiger partial charge in [0.25, 0.3) is 0 Å². The summed E-state index contributed by atoms with van der Waals surface area (Å²) in [5.74, 6) is 0.0144. The molecular weight excluding hydrogens is 420 g/mol. The maximum absolute atomic E-state index is 13.0. The lowest BCUT2D eigenvalue weighted by molar-refractivity contribution is -0.305. The Hall–Kier alpha value is -3.61. The van der Waals surface area contributed by atoms with Gasteiger partial charge in [-0.15, -0.1) is 0 Å². The van der Waals surface area contributed by atoms with E-state index in [1.807, 2.05) is 48.5 Å². The van der Waals surface area contributed by atoms with Crippen LogP contribution in [0.2, 0.25) is 0 Å². The van der Waals surface area contributed by atoms with Gasteiger partial charge in [0.15, 0.2) is 0 Å². The topological polar surface area (TPSA) is 91.3 Å². The Morgan fingerprint density at radius 2 is 1.67 bits per heavy atom. The van der Waals surface area contributed by atoms with E-state index in [9.17, 15) is 14.7 Å². The van der Waals surface area contributed by atoms with Crippen LogP contribution in [-0.4, -0.2) is 36.8 Å². The molecule has 0 radical (unpaired) electrons. The van der Waals surface area contributed by atoms with E-state index in [0.717, 1.165) is 53.2 Å². The van der Waals surface area contributed by atoms with Gasteiger partial charge in [0, 0.05) is 18.3 Å². The van der Waals surface area contributed by atoms with Crippen molar-refractivity contribution in [2.75, 3.05) is 14.2 Å². The Balaban J connectivity index is 1.69. The summed E-state index contributed by atoms with van der Waals surface area (Å²) in [5.41, 5.74) is 3.99. The van der Waals surface area contributed by atoms with Crippen molar-refractivity contribution in [3.8, 4) is 11.5 Å². The fraction of sp³-hybridized carbons (Fsp3) is 0.346. The molecule has 0 unspecified atom stereocenters. The van der Waals surface area contributed by atoms with Gasteiger partial charge in [-0.05, 0) is 72.7 Å². The first-order valence-electron chi connectivity index (χ1n) is 11.1. The zero-order valence-corrected chi connectivity index (χ0v) is 18.8. The predicted octanol–water partition coefficient (Wildman–Crippen LogP) is 3.36. The quantitative estimate of drug-likeness (QED) is 0.649. The van der Waals surface area contributed by atoms with Gasteiger partial charge in [0.1, 0.15) is 11.5 Å². The summed E-state index contributed by atoms with van der Waals surface area (Å²) in [6, 6.07) is 15.2. The first-order valence-corrected chi connectivity index (χ1v) is 11.1. The number of hydrogen-bond acceptors (Lipinski definition) is 6. The summed E-state index contributed by atoms with van der Waals surface area (Å²) in [4.78, 5) is 23.9. The van der Waals surface area contributed by atoms with E-state index < -0.39 is 5.97 Å². The molecule has 2 atom stereocenters. The van der Waals surface area contributed by atoms with Crippen molar-refractivity contribution >= 4 is 23.7 Å². The summed E-state index contributed by atoms with van der Waals surface area (Å²) in [5, 5.41) is 17.2. The number of fused-ring (bicyclic) bond motifs is 1. The van der Waals surface area contributed by atoms with Crippen molar-refractivity contribution in [1.29, 1.82) is 0 Å². The number of amides is 1. The van der Waals surface area contributed by atoms with Crippen molar-refractivity contribution in [3.63, 3.8) is 0 Å². The summed E-state index contributed by atoms with van der Waals surface area (Å²) < 4.78 is 10.5. The Bertz CT molecular complexity index is 1070. The third-order valence-corrected chi connectivity index (χ3v) is 6.21. The molecule has 0 bridgehead atoms. The van der Waals surface area contributed by atoms with Crippen molar-refractivity contribution in [3.05, 3.63) is 65.2 Å². The molecule has 1 fully saturated rings. The predicted molar refractivity (Wildman–Crippen MR) is 123 cm³/mol. The number of aliphatic carboxylic acids is 1. The van der Waals surface area contributed by atoms with E-state index in [-0.39, 0.29) is 30.7 Å². The van der Waals surface area contributed by atoms with Gasteiger partial charge >= 0.3 is 0 Å². The molecule has 2 aromatic carbocycles. The Kier molecular flexibility index (Phi) is 6.77. The van der Waals surface area contributed by atoms with Gasteiger partial charge in [-0.3, -0.25) is 4.79 Å². The van der Waals surface area contributed by atoms with Gasteiger partial charge < -0.3 is 19.4 Å². The third-order valence-electron chi connectivity index (χ3n) is 6.21. The van der Waals surface area contributed by atoms with Crippen LogP contribution in [0, 0.1) is 5.92 Å². The molecule has 0 spiro atoms. The van der Waals surface area contributed by atoms with Crippen LogP contribution in [0.1, 0.15) is 49.3 Å². The molecule has 2 aromatic rings. The molecule has 2 aliphatic rings. The zero-order chi connectivity index (χ0) is 23.4. The number of methoxy groups -OCH3 is 2. The summed E-state index contributed by atoms with van der Waals surface area (Å²) in [7, 11) is 3.25. The normalized spacial score (nSPS) is 20.8. The Morgan fingerprint density at radius 1 is 1.03 bits per heavy atom. The van der Waals surface area contributed by atoms with E-state index in [4.69, 9.17) is 14.6 Å². The number of carbonyl (C=O) groups excluding carboxylic acids is 2. The van der Waals surface area contributed by atoms with Crippen LogP contribution < -0.4 is 14.6 Å². The van der Waals surface area contributed by atoms with E-state index in [1.165, 1.54) is 5.01 Å². The molecule has 1 amide bonds. The Labute approximate surface area is 193 Å². The van der Waals surface area contributed by atoms with Crippen LogP contribution in [0.4, 0.5) is 0 Å². The second-order valence-electron chi connectivity index (χ2n) is 8.26. The van der Waals surface area contributed by atoms with Crippen LogP contribution >= 0.6 is 0 Å². The van der Waals surface area contributed by atoms with Gasteiger partial charge in [0.2, 0.25) is 5.91 Å². The zero-order valence-electron chi connectivity index (χ0n) is 18.8. The summed E-state index contributed by atoms with van der Waals surface area (Å²) in [6.45, 7) is 0. The van der Waals surface area contributed by atoms with E-state index in [2.05, 4.69) is 6.08 Å². The maximum atomic E-state index is 13.0. The SMILES string of the molecule is COc1ccc(/C=C2\CCC[C@H]3C2=NN(C(=O)CCC(=O)[O-])[C@H]3c2ccc(OC)cc2)cc1. The number of carbonyl (C=O) groups is 2. The monoisotopic (exact) mass is 447 g/mol. The van der Waals surface area contributed by atoms with E-state index >= 15 is 0 Å². The van der Waals surface area contributed by atoms with Crippen molar-refractivity contribution < 1.29 is 24.2 Å². The number of hydrogen-bond donors (Lipinski definition) is 0. The second-order valence-corrected chi connectivity index (χ2v) is 8.26. The number of allylic oxidation sites excluding steroid dienone is 1. The maximum Gasteiger partial charge on any atom is 0.243 e. The molecule has 172 valence electrons. The number of rotatable bonds is 7. The van der Waals surface area contributed by atoms with Crippen LogP contribution in [0.5, 0.6) is 11.5 Å². The number of carboxylic acid groups (broad SMARTS) is 1. The van der Waals surface area contributed by atoms with Crippen LogP contribution in [0.15, 0.2) is 59.2 Å². The van der Waals surface area contributed by atoms with Crippen LogP contribution in [0.25, 0.3) is 6.08 Å². The molecule has 1 saturated carbocycles. The van der Waals surface area contributed by atoms with E-state index in [1.54, 1.807) is 14.2 Å². The highest BCUT2D eigenvalue weighted by molar-refractivity contribution is 6.08. The largest absolute Gasteiger partial charge is 0.550 e. The first kappa shape index (κ1) is 22.6. The minimum Gasteiger partial charge on any atom is -0.550 e. The van der Waals surface area contributed by atoms with Gasteiger partial charge in [-0.1, -0.05) is 24.3 Å². The highest BCUT2D eigenvalue weighted by Crippen LogP contribution is 2.45. The number of hydrazone groups is 1. The van der Waals surface area contributed by atoms with Gasteiger partial charge in [-0.25, -0.2) is 5.01 Å². The molecule has 0 saturated heterocycles. The molecule has 0 aromatic heterocycles. The number of carboxylic acids is 1. The number of ether oxygens (including phenoxy) is 2. The lowest BCUT2D eigenvalue weighted by Gasteiger charge is -2.29.